The Morgan fingerprint density at radius 3 is 2.30 bits per heavy atom. The van der Waals surface area contributed by atoms with Crippen LogP contribution in [0.15, 0.2) is 42.5 Å². The molecular weight excluding hydrogens is 254 g/mol. The number of benzene rings is 2. The molecule has 2 N–H and O–H groups in total. The van der Waals surface area contributed by atoms with Crippen molar-refractivity contribution in [3.8, 4) is 11.5 Å². The van der Waals surface area contributed by atoms with Gasteiger partial charge in [-0.15, -0.1) is 0 Å². The molecule has 0 saturated carbocycles. The summed E-state index contributed by atoms with van der Waals surface area (Å²) in [7, 11) is 1.59. The highest BCUT2D eigenvalue weighted by atomic mass is 16.5. The summed E-state index contributed by atoms with van der Waals surface area (Å²) in [5.74, 6) is 1.23. The molecule has 0 heterocycles. The van der Waals surface area contributed by atoms with E-state index < -0.39 is 0 Å². The number of methoxy groups -OCH3 is 1. The SMILES string of the molecule is CCOc1ccc(C(=O)c2ccc(OC)cc2)cc1N. The normalized spacial score (nSPS) is 10.1. The number of anilines is 1. The smallest absolute Gasteiger partial charge is 0.193 e. The van der Waals surface area contributed by atoms with Crippen LogP contribution in [0.1, 0.15) is 22.8 Å². The van der Waals surface area contributed by atoms with Gasteiger partial charge in [0, 0.05) is 11.1 Å². The van der Waals surface area contributed by atoms with Gasteiger partial charge in [0.2, 0.25) is 0 Å². The summed E-state index contributed by atoms with van der Waals surface area (Å²) in [6.07, 6.45) is 0. The van der Waals surface area contributed by atoms with Crippen LogP contribution in [0.4, 0.5) is 5.69 Å². The highest BCUT2D eigenvalue weighted by Gasteiger charge is 2.11. The number of rotatable bonds is 5. The van der Waals surface area contributed by atoms with E-state index in [0.29, 0.717) is 34.9 Å². The van der Waals surface area contributed by atoms with Crippen molar-refractivity contribution in [2.24, 2.45) is 0 Å². The quantitative estimate of drug-likeness (QED) is 0.671. The van der Waals surface area contributed by atoms with Crippen molar-refractivity contribution in [2.45, 2.75) is 6.92 Å². The summed E-state index contributed by atoms with van der Waals surface area (Å²) in [4.78, 5) is 12.3. The third kappa shape index (κ3) is 2.91. The van der Waals surface area contributed by atoms with Gasteiger partial charge >= 0.3 is 0 Å². The number of nitrogens with two attached hydrogens (primary N) is 1. The first-order chi connectivity index (χ1) is 9.65. The Morgan fingerprint density at radius 2 is 1.75 bits per heavy atom. The Bertz CT molecular complexity index is 606. The van der Waals surface area contributed by atoms with Crippen molar-refractivity contribution >= 4 is 11.5 Å². The van der Waals surface area contributed by atoms with Crippen molar-refractivity contribution in [3.63, 3.8) is 0 Å². The van der Waals surface area contributed by atoms with E-state index in [1.807, 2.05) is 6.92 Å². The molecule has 0 aliphatic carbocycles. The molecule has 0 unspecified atom stereocenters. The second-order valence-corrected chi connectivity index (χ2v) is 4.24. The van der Waals surface area contributed by atoms with Gasteiger partial charge in [-0.25, -0.2) is 0 Å². The zero-order chi connectivity index (χ0) is 14.5. The molecule has 0 saturated heterocycles. The first-order valence-corrected chi connectivity index (χ1v) is 6.36. The highest BCUT2D eigenvalue weighted by Crippen LogP contribution is 2.24. The van der Waals surface area contributed by atoms with Crippen LogP contribution in [0.5, 0.6) is 11.5 Å². The van der Waals surface area contributed by atoms with Crippen molar-refractivity contribution in [1.82, 2.24) is 0 Å². The van der Waals surface area contributed by atoms with Gasteiger partial charge in [0.1, 0.15) is 11.5 Å². The molecule has 0 fully saturated rings. The van der Waals surface area contributed by atoms with Crippen molar-refractivity contribution < 1.29 is 14.3 Å². The second kappa shape index (κ2) is 6.10. The number of hydrogen-bond acceptors (Lipinski definition) is 4. The molecule has 0 aromatic heterocycles. The molecule has 4 heteroatoms. The van der Waals surface area contributed by atoms with Gasteiger partial charge in [0.25, 0.3) is 0 Å². The third-order valence-electron chi connectivity index (χ3n) is 2.92. The van der Waals surface area contributed by atoms with Crippen LogP contribution in [0, 0.1) is 0 Å². The van der Waals surface area contributed by atoms with E-state index in [0.717, 1.165) is 0 Å². The minimum atomic E-state index is -0.0811. The predicted molar refractivity (Wildman–Crippen MR) is 78.4 cm³/mol. The fourth-order valence-electron chi connectivity index (χ4n) is 1.89. The van der Waals surface area contributed by atoms with E-state index >= 15 is 0 Å². The molecule has 0 atom stereocenters. The number of nitrogen functional groups attached to an aromatic ring is 1. The first-order valence-electron chi connectivity index (χ1n) is 6.36. The van der Waals surface area contributed by atoms with Gasteiger partial charge in [0.15, 0.2) is 5.78 Å². The molecular formula is C16H17NO3. The zero-order valence-electron chi connectivity index (χ0n) is 11.6. The molecule has 0 radical (unpaired) electrons. The van der Waals surface area contributed by atoms with Gasteiger partial charge in [-0.1, -0.05) is 0 Å². The second-order valence-electron chi connectivity index (χ2n) is 4.24. The number of hydrogen-bond donors (Lipinski definition) is 1. The Hall–Kier alpha value is -2.49. The lowest BCUT2D eigenvalue weighted by Crippen LogP contribution is -2.04. The average molecular weight is 271 g/mol. The van der Waals surface area contributed by atoms with Crippen LogP contribution >= 0.6 is 0 Å². The van der Waals surface area contributed by atoms with Crippen molar-refractivity contribution in [1.29, 1.82) is 0 Å². The van der Waals surface area contributed by atoms with Crippen LogP contribution in [0.3, 0.4) is 0 Å². The maximum absolute atomic E-state index is 12.3. The van der Waals surface area contributed by atoms with Crippen molar-refractivity contribution in [3.05, 3.63) is 53.6 Å². The average Bonchev–Trinajstić information content (AvgIpc) is 2.49. The molecule has 20 heavy (non-hydrogen) atoms. The van der Waals surface area contributed by atoms with Crippen LogP contribution in [0.2, 0.25) is 0 Å². The first kappa shape index (κ1) is 13.9. The van der Waals surface area contributed by atoms with Crippen LogP contribution in [-0.4, -0.2) is 19.5 Å². The topological polar surface area (TPSA) is 61.5 Å². The van der Waals surface area contributed by atoms with E-state index in [9.17, 15) is 4.79 Å². The van der Waals surface area contributed by atoms with E-state index in [1.54, 1.807) is 49.6 Å². The minimum absolute atomic E-state index is 0.0811. The predicted octanol–water partition coefficient (Wildman–Crippen LogP) is 2.91. The molecule has 0 aliphatic heterocycles. The van der Waals surface area contributed by atoms with E-state index in [2.05, 4.69) is 0 Å². The molecule has 0 aliphatic rings. The monoisotopic (exact) mass is 271 g/mol. The Kier molecular flexibility index (Phi) is 4.25. The molecule has 0 spiro atoms. The standard InChI is InChI=1S/C16H17NO3/c1-3-20-15-9-6-12(10-14(15)17)16(18)11-4-7-13(19-2)8-5-11/h4-10H,3,17H2,1-2H3. The molecule has 2 aromatic rings. The summed E-state index contributed by atoms with van der Waals surface area (Å²) < 4.78 is 10.4. The Balaban J connectivity index is 2.26. The number of ketones is 1. The lowest BCUT2D eigenvalue weighted by molar-refractivity contribution is 0.103. The van der Waals surface area contributed by atoms with E-state index in [-0.39, 0.29) is 5.78 Å². The molecule has 2 aromatic carbocycles. The minimum Gasteiger partial charge on any atom is -0.497 e. The van der Waals surface area contributed by atoms with Gasteiger partial charge in [-0.3, -0.25) is 4.79 Å². The molecule has 2 rings (SSSR count). The fourth-order valence-corrected chi connectivity index (χ4v) is 1.89. The van der Waals surface area contributed by atoms with E-state index in [1.165, 1.54) is 0 Å². The van der Waals surface area contributed by atoms with Gasteiger partial charge in [-0.2, -0.15) is 0 Å². The summed E-state index contributed by atoms with van der Waals surface area (Å²) in [6.45, 7) is 2.42. The molecule has 0 amide bonds. The summed E-state index contributed by atoms with van der Waals surface area (Å²) in [5, 5.41) is 0. The maximum atomic E-state index is 12.3. The summed E-state index contributed by atoms with van der Waals surface area (Å²) in [6, 6.07) is 12.0. The van der Waals surface area contributed by atoms with Crippen LogP contribution in [0.25, 0.3) is 0 Å². The maximum Gasteiger partial charge on any atom is 0.193 e. The lowest BCUT2D eigenvalue weighted by atomic mass is 10.0. The largest absolute Gasteiger partial charge is 0.497 e. The summed E-state index contributed by atoms with van der Waals surface area (Å²) in [5.41, 5.74) is 7.47. The van der Waals surface area contributed by atoms with E-state index in [4.69, 9.17) is 15.2 Å². The Labute approximate surface area is 118 Å². The number of ether oxygens (including phenoxy) is 2. The third-order valence-corrected chi connectivity index (χ3v) is 2.92. The van der Waals surface area contributed by atoms with Crippen LogP contribution in [-0.2, 0) is 0 Å². The number of carbonyl (C=O) groups is 1. The van der Waals surface area contributed by atoms with Crippen molar-refractivity contribution in [2.75, 3.05) is 19.5 Å². The van der Waals surface area contributed by atoms with Gasteiger partial charge in [0.05, 0.1) is 19.4 Å². The lowest BCUT2D eigenvalue weighted by Gasteiger charge is -2.08. The number of carbonyl (C=O) groups excluding carboxylic acids is 1. The summed E-state index contributed by atoms with van der Waals surface area (Å²) >= 11 is 0. The molecule has 0 bridgehead atoms. The zero-order valence-corrected chi connectivity index (χ0v) is 11.6. The van der Waals surface area contributed by atoms with Gasteiger partial charge in [-0.05, 0) is 49.4 Å². The highest BCUT2D eigenvalue weighted by molar-refractivity contribution is 6.09. The van der Waals surface area contributed by atoms with Crippen LogP contribution < -0.4 is 15.2 Å². The molecule has 104 valence electrons. The Morgan fingerprint density at radius 1 is 1.10 bits per heavy atom. The molecule has 4 nitrogen and oxygen atoms in total. The van der Waals surface area contributed by atoms with Gasteiger partial charge < -0.3 is 15.2 Å². The fraction of sp³-hybridized carbons (Fsp3) is 0.188.